The van der Waals surface area contributed by atoms with Gasteiger partial charge in [-0.2, -0.15) is 0 Å². The number of carbonyl (C=O) groups excluding carboxylic acids is 1. The standard InChI is InChI=1S/C11H14BrNO2S/c1-8-3-4-9(7-10(8)12)11(14)13-5-6-16(2)15/h3-4,7H,5-6H2,1-2H3,(H,13,14). The van der Waals surface area contributed by atoms with Gasteiger partial charge in [-0.1, -0.05) is 22.0 Å². The zero-order valence-corrected chi connectivity index (χ0v) is 11.7. The fourth-order valence-corrected chi connectivity index (χ4v) is 1.91. The number of amides is 1. The number of carbonyl (C=O) groups is 1. The summed E-state index contributed by atoms with van der Waals surface area (Å²) < 4.78 is 11.7. The topological polar surface area (TPSA) is 46.2 Å². The average Bonchev–Trinajstić information content (AvgIpc) is 2.21. The fourth-order valence-electron chi connectivity index (χ4n) is 1.14. The number of rotatable bonds is 4. The Hall–Kier alpha value is -0.680. The number of halogens is 1. The van der Waals surface area contributed by atoms with Crippen LogP contribution in [0, 0.1) is 6.92 Å². The first-order valence-corrected chi connectivity index (χ1v) is 7.37. The first-order chi connectivity index (χ1) is 7.50. The summed E-state index contributed by atoms with van der Waals surface area (Å²) in [6, 6.07) is 5.45. The lowest BCUT2D eigenvalue weighted by Gasteiger charge is -2.05. The van der Waals surface area contributed by atoms with Crippen LogP contribution in [0.25, 0.3) is 0 Å². The SMILES string of the molecule is Cc1ccc(C(=O)NCCS(C)=O)cc1Br. The van der Waals surface area contributed by atoms with Crippen LogP contribution in [-0.4, -0.2) is 28.7 Å². The lowest BCUT2D eigenvalue weighted by molar-refractivity contribution is 0.0956. The summed E-state index contributed by atoms with van der Waals surface area (Å²) >= 11 is 3.38. The number of benzene rings is 1. The van der Waals surface area contributed by atoms with Crippen LogP contribution in [0.4, 0.5) is 0 Å². The Morgan fingerprint density at radius 3 is 2.75 bits per heavy atom. The van der Waals surface area contributed by atoms with Crippen molar-refractivity contribution >= 4 is 32.6 Å². The molecule has 1 aromatic rings. The molecule has 0 aliphatic heterocycles. The molecule has 0 fully saturated rings. The van der Waals surface area contributed by atoms with E-state index < -0.39 is 10.8 Å². The molecule has 0 heterocycles. The Labute approximate surface area is 106 Å². The van der Waals surface area contributed by atoms with Crippen LogP contribution in [0.5, 0.6) is 0 Å². The molecule has 16 heavy (non-hydrogen) atoms. The van der Waals surface area contributed by atoms with Crippen molar-refractivity contribution in [3.63, 3.8) is 0 Å². The van der Waals surface area contributed by atoms with E-state index in [-0.39, 0.29) is 5.91 Å². The third-order valence-corrected chi connectivity index (χ3v) is 3.74. The molecular weight excluding hydrogens is 290 g/mol. The third kappa shape index (κ3) is 4.06. The van der Waals surface area contributed by atoms with Crippen LogP contribution in [-0.2, 0) is 10.8 Å². The highest BCUT2D eigenvalue weighted by Gasteiger charge is 2.06. The van der Waals surface area contributed by atoms with E-state index in [4.69, 9.17) is 0 Å². The van der Waals surface area contributed by atoms with Gasteiger partial charge in [0.05, 0.1) is 0 Å². The first kappa shape index (κ1) is 13.4. The van der Waals surface area contributed by atoms with E-state index in [2.05, 4.69) is 21.2 Å². The van der Waals surface area contributed by atoms with Crippen LogP contribution in [0.1, 0.15) is 15.9 Å². The van der Waals surface area contributed by atoms with Gasteiger partial charge < -0.3 is 5.32 Å². The minimum absolute atomic E-state index is 0.133. The van der Waals surface area contributed by atoms with Crippen molar-refractivity contribution < 1.29 is 9.00 Å². The third-order valence-electron chi connectivity index (χ3n) is 2.11. The minimum Gasteiger partial charge on any atom is -0.351 e. The molecule has 5 heteroatoms. The number of hydrogen-bond acceptors (Lipinski definition) is 2. The van der Waals surface area contributed by atoms with Gasteiger partial charge in [0, 0.05) is 39.4 Å². The molecule has 0 aromatic heterocycles. The highest BCUT2D eigenvalue weighted by molar-refractivity contribution is 9.10. The Balaban J connectivity index is 2.59. The van der Waals surface area contributed by atoms with Gasteiger partial charge in [-0.25, -0.2) is 0 Å². The molecule has 0 saturated carbocycles. The van der Waals surface area contributed by atoms with Crippen LogP contribution in [0.3, 0.4) is 0 Å². The predicted octanol–water partition coefficient (Wildman–Crippen LogP) is 1.87. The summed E-state index contributed by atoms with van der Waals surface area (Å²) in [5.41, 5.74) is 1.70. The molecule has 0 bridgehead atoms. The second kappa shape index (κ2) is 6.15. The molecule has 1 unspecified atom stereocenters. The summed E-state index contributed by atoms with van der Waals surface area (Å²) in [5.74, 6) is 0.352. The zero-order valence-electron chi connectivity index (χ0n) is 9.25. The molecular formula is C11H14BrNO2S. The molecule has 1 amide bonds. The average molecular weight is 304 g/mol. The molecule has 1 N–H and O–H groups in total. The van der Waals surface area contributed by atoms with Crippen LogP contribution < -0.4 is 5.32 Å². The van der Waals surface area contributed by atoms with Crippen molar-refractivity contribution in [1.29, 1.82) is 0 Å². The van der Waals surface area contributed by atoms with Gasteiger partial charge in [-0.3, -0.25) is 9.00 Å². The van der Waals surface area contributed by atoms with Crippen molar-refractivity contribution in [3.8, 4) is 0 Å². The smallest absolute Gasteiger partial charge is 0.251 e. The second-order valence-corrected chi connectivity index (χ2v) is 5.91. The Kier molecular flexibility index (Phi) is 5.15. The van der Waals surface area contributed by atoms with E-state index >= 15 is 0 Å². The maximum atomic E-state index is 11.7. The van der Waals surface area contributed by atoms with Crippen molar-refractivity contribution in [2.45, 2.75) is 6.92 Å². The molecule has 0 aliphatic carbocycles. The molecule has 0 spiro atoms. The highest BCUT2D eigenvalue weighted by atomic mass is 79.9. The van der Waals surface area contributed by atoms with Gasteiger partial charge in [-0.15, -0.1) is 0 Å². The zero-order chi connectivity index (χ0) is 12.1. The van der Waals surface area contributed by atoms with Gasteiger partial charge in [0.2, 0.25) is 0 Å². The highest BCUT2D eigenvalue weighted by Crippen LogP contribution is 2.17. The summed E-state index contributed by atoms with van der Waals surface area (Å²) in [6.45, 7) is 2.40. The molecule has 0 aliphatic rings. The molecule has 88 valence electrons. The van der Waals surface area contributed by atoms with Crippen molar-refractivity contribution in [2.75, 3.05) is 18.6 Å². The van der Waals surface area contributed by atoms with Crippen LogP contribution >= 0.6 is 15.9 Å². The number of aryl methyl sites for hydroxylation is 1. The van der Waals surface area contributed by atoms with E-state index in [0.29, 0.717) is 17.9 Å². The van der Waals surface area contributed by atoms with Gasteiger partial charge in [0.25, 0.3) is 5.91 Å². The lowest BCUT2D eigenvalue weighted by Crippen LogP contribution is -2.27. The van der Waals surface area contributed by atoms with Gasteiger partial charge >= 0.3 is 0 Å². The summed E-state index contributed by atoms with van der Waals surface area (Å²) in [6.07, 6.45) is 1.62. The van der Waals surface area contributed by atoms with Crippen molar-refractivity contribution in [3.05, 3.63) is 33.8 Å². The number of nitrogens with one attached hydrogen (secondary N) is 1. The first-order valence-electron chi connectivity index (χ1n) is 4.85. The van der Waals surface area contributed by atoms with E-state index in [1.165, 1.54) is 0 Å². The molecule has 1 atom stereocenters. The van der Waals surface area contributed by atoms with E-state index in [9.17, 15) is 9.00 Å². The van der Waals surface area contributed by atoms with Crippen LogP contribution in [0.2, 0.25) is 0 Å². The fraction of sp³-hybridized carbons (Fsp3) is 0.364. The van der Waals surface area contributed by atoms with E-state index in [0.717, 1.165) is 10.0 Å². The van der Waals surface area contributed by atoms with Gasteiger partial charge in [0.15, 0.2) is 0 Å². The van der Waals surface area contributed by atoms with Crippen molar-refractivity contribution in [1.82, 2.24) is 5.32 Å². The van der Waals surface area contributed by atoms with Crippen LogP contribution in [0.15, 0.2) is 22.7 Å². The van der Waals surface area contributed by atoms with Gasteiger partial charge in [-0.05, 0) is 24.6 Å². The van der Waals surface area contributed by atoms with Gasteiger partial charge in [0.1, 0.15) is 0 Å². The Bertz CT molecular complexity index is 420. The summed E-state index contributed by atoms with van der Waals surface area (Å²) in [5, 5.41) is 2.72. The lowest BCUT2D eigenvalue weighted by atomic mass is 10.1. The molecule has 1 aromatic carbocycles. The second-order valence-electron chi connectivity index (χ2n) is 3.50. The van der Waals surface area contributed by atoms with E-state index in [1.54, 1.807) is 18.4 Å². The van der Waals surface area contributed by atoms with E-state index in [1.807, 2.05) is 13.0 Å². The largest absolute Gasteiger partial charge is 0.351 e. The molecule has 0 saturated heterocycles. The molecule has 1 rings (SSSR count). The quantitative estimate of drug-likeness (QED) is 0.923. The molecule has 0 radical (unpaired) electrons. The summed E-state index contributed by atoms with van der Waals surface area (Å²) in [7, 11) is -0.870. The Morgan fingerprint density at radius 2 is 2.19 bits per heavy atom. The van der Waals surface area contributed by atoms with Crippen molar-refractivity contribution in [2.24, 2.45) is 0 Å². The monoisotopic (exact) mass is 303 g/mol. The Morgan fingerprint density at radius 1 is 1.50 bits per heavy atom. The molecule has 3 nitrogen and oxygen atoms in total. The maximum absolute atomic E-state index is 11.7. The predicted molar refractivity (Wildman–Crippen MR) is 70.1 cm³/mol. The summed E-state index contributed by atoms with van der Waals surface area (Å²) in [4.78, 5) is 11.7. The normalized spacial score (nSPS) is 12.2. The minimum atomic E-state index is -0.870. The maximum Gasteiger partial charge on any atom is 0.251 e. The number of hydrogen-bond donors (Lipinski definition) is 1.